The van der Waals surface area contributed by atoms with E-state index in [0.29, 0.717) is 5.82 Å². The number of hydrogen-bond donors (Lipinski definition) is 2. The number of amides is 3. The molecule has 1 aromatic heterocycles. The van der Waals surface area contributed by atoms with Gasteiger partial charge in [-0.3, -0.25) is 10.1 Å². The molecule has 2 N–H and O–H groups in total. The topological polar surface area (TPSA) is 84.0 Å². The molecule has 3 aromatic rings. The summed E-state index contributed by atoms with van der Waals surface area (Å²) in [6.45, 7) is 1.83. The van der Waals surface area contributed by atoms with Crippen molar-refractivity contribution < 1.29 is 9.59 Å². The van der Waals surface area contributed by atoms with Crippen LogP contribution in [0.1, 0.15) is 17.0 Å². The molecule has 2 aliphatic rings. The lowest BCUT2D eigenvalue weighted by atomic mass is 9.86. The highest BCUT2D eigenvalue weighted by Crippen LogP contribution is 2.49. The van der Waals surface area contributed by atoms with Crippen LogP contribution in [0.2, 0.25) is 0 Å². The summed E-state index contributed by atoms with van der Waals surface area (Å²) >= 11 is 0. The molecule has 0 saturated carbocycles. The number of carbonyl (C=O) groups excluding carboxylic acids is 2. The molecule has 0 radical (unpaired) electrons. The van der Waals surface area contributed by atoms with Crippen molar-refractivity contribution in [2.75, 3.05) is 0 Å². The quantitative estimate of drug-likeness (QED) is 0.666. The smallest absolute Gasteiger partial charge is 0.316 e. The molecule has 6 heteroatoms. The van der Waals surface area contributed by atoms with Crippen LogP contribution in [0.4, 0.5) is 4.79 Å². The Hall–Kier alpha value is -3.54. The van der Waals surface area contributed by atoms with Crippen LogP contribution < -0.4 is 10.6 Å². The number of hydrogen-bond acceptors (Lipinski definition) is 4. The molecule has 5 rings (SSSR count). The maximum absolute atomic E-state index is 12.8. The van der Waals surface area contributed by atoms with Crippen molar-refractivity contribution in [3.8, 4) is 22.3 Å². The van der Waals surface area contributed by atoms with E-state index in [1.165, 1.54) is 0 Å². The monoisotopic (exact) mass is 342 g/mol. The Morgan fingerprint density at radius 3 is 2.35 bits per heavy atom. The van der Waals surface area contributed by atoms with E-state index in [0.717, 1.165) is 33.4 Å². The normalized spacial score (nSPS) is 19.9. The molecule has 1 saturated heterocycles. The number of nitrogens with zero attached hydrogens (tertiary/aromatic N) is 2. The second-order valence-electron chi connectivity index (χ2n) is 6.48. The zero-order valence-electron chi connectivity index (χ0n) is 13.9. The van der Waals surface area contributed by atoms with Crippen LogP contribution in [0.15, 0.2) is 54.9 Å². The van der Waals surface area contributed by atoms with Crippen LogP contribution in [0.3, 0.4) is 0 Å². The van der Waals surface area contributed by atoms with Crippen molar-refractivity contribution >= 4 is 11.9 Å². The van der Waals surface area contributed by atoms with Crippen molar-refractivity contribution in [1.29, 1.82) is 0 Å². The summed E-state index contributed by atoms with van der Waals surface area (Å²) in [5, 5.41) is 5.23. The molecular weight excluding hydrogens is 328 g/mol. The summed E-state index contributed by atoms with van der Waals surface area (Å²) in [5.41, 5.74) is 4.00. The maximum Gasteiger partial charge on any atom is 0.322 e. The predicted molar refractivity (Wildman–Crippen MR) is 95.1 cm³/mol. The summed E-state index contributed by atoms with van der Waals surface area (Å²) in [7, 11) is 0. The van der Waals surface area contributed by atoms with Crippen LogP contribution >= 0.6 is 0 Å². The van der Waals surface area contributed by atoms with E-state index in [1.54, 1.807) is 12.4 Å². The Bertz CT molecular complexity index is 1090. The van der Waals surface area contributed by atoms with E-state index in [-0.39, 0.29) is 5.91 Å². The number of urea groups is 1. The first-order valence-corrected chi connectivity index (χ1v) is 8.26. The summed E-state index contributed by atoms with van der Waals surface area (Å²) < 4.78 is 0. The first kappa shape index (κ1) is 14.8. The Morgan fingerprint density at radius 1 is 0.885 bits per heavy atom. The van der Waals surface area contributed by atoms with E-state index in [9.17, 15) is 9.59 Å². The minimum atomic E-state index is -1.19. The lowest BCUT2D eigenvalue weighted by molar-refractivity contribution is -0.122. The largest absolute Gasteiger partial charge is 0.322 e. The summed E-state index contributed by atoms with van der Waals surface area (Å²) in [6.07, 6.45) is 3.51. The number of aryl methyl sites for hydroxylation is 1. The van der Waals surface area contributed by atoms with Crippen LogP contribution in [0.5, 0.6) is 0 Å². The molecule has 1 fully saturated rings. The molecule has 3 amide bonds. The highest BCUT2D eigenvalue weighted by atomic mass is 16.2. The number of fused-ring (bicyclic) bond motifs is 5. The third-order valence-corrected chi connectivity index (χ3v) is 5.03. The van der Waals surface area contributed by atoms with Crippen molar-refractivity contribution in [1.82, 2.24) is 20.6 Å². The fourth-order valence-electron chi connectivity index (χ4n) is 3.84. The third kappa shape index (κ3) is 1.81. The van der Waals surface area contributed by atoms with Crippen LogP contribution in [-0.4, -0.2) is 21.9 Å². The average molecular weight is 342 g/mol. The van der Waals surface area contributed by atoms with Gasteiger partial charge in [-0.15, -0.1) is 0 Å². The van der Waals surface area contributed by atoms with Gasteiger partial charge < -0.3 is 5.32 Å². The number of imide groups is 1. The molecule has 2 aromatic carbocycles. The molecule has 2 heterocycles. The van der Waals surface area contributed by atoms with Gasteiger partial charge in [-0.05, 0) is 35.2 Å². The predicted octanol–water partition coefficient (Wildman–Crippen LogP) is 2.52. The first-order valence-electron chi connectivity index (χ1n) is 8.26. The Labute approximate surface area is 149 Å². The Kier molecular flexibility index (Phi) is 2.83. The minimum absolute atomic E-state index is 0.356. The van der Waals surface area contributed by atoms with Gasteiger partial charge in [0.2, 0.25) is 0 Å². The molecule has 1 unspecified atom stereocenters. The van der Waals surface area contributed by atoms with E-state index >= 15 is 0 Å². The number of carbonyl (C=O) groups is 2. The second-order valence-corrected chi connectivity index (χ2v) is 6.48. The molecule has 1 aliphatic carbocycles. The highest BCUT2D eigenvalue weighted by Gasteiger charge is 2.54. The van der Waals surface area contributed by atoms with Crippen LogP contribution in [0, 0.1) is 6.92 Å². The van der Waals surface area contributed by atoms with E-state index in [4.69, 9.17) is 0 Å². The fraction of sp³-hybridized carbons (Fsp3) is 0.100. The van der Waals surface area contributed by atoms with Crippen molar-refractivity contribution in [3.63, 3.8) is 0 Å². The molecule has 126 valence electrons. The Morgan fingerprint density at radius 2 is 1.62 bits per heavy atom. The zero-order chi connectivity index (χ0) is 17.9. The molecule has 6 nitrogen and oxygen atoms in total. The number of benzene rings is 2. The maximum atomic E-state index is 12.8. The van der Waals surface area contributed by atoms with Gasteiger partial charge in [0, 0.05) is 23.5 Å². The standard InChI is InChI=1S/C20H14N4O2/c1-11-21-9-13(10-22-11)12-6-7-15-14-4-2-3-5-16(14)20(17(15)8-12)18(25)23-19(26)24-20/h2-10H,1H3,(H2,23,24,25,26). The van der Waals surface area contributed by atoms with Gasteiger partial charge in [-0.25, -0.2) is 14.8 Å². The summed E-state index contributed by atoms with van der Waals surface area (Å²) in [6, 6.07) is 13.1. The summed E-state index contributed by atoms with van der Waals surface area (Å²) in [5.74, 6) is 0.340. The molecular formula is C20H14N4O2. The van der Waals surface area contributed by atoms with E-state index < -0.39 is 11.6 Å². The lowest BCUT2D eigenvalue weighted by Crippen LogP contribution is -2.43. The molecule has 0 bridgehead atoms. The number of nitrogens with one attached hydrogen (secondary N) is 2. The van der Waals surface area contributed by atoms with Gasteiger partial charge >= 0.3 is 6.03 Å². The van der Waals surface area contributed by atoms with Gasteiger partial charge in [0.05, 0.1) is 0 Å². The van der Waals surface area contributed by atoms with Crippen LogP contribution in [-0.2, 0) is 10.3 Å². The van der Waals surface area contributed by atoms with Crippen molar-refractivity contribution in [3.05, 3.63) is 71.8 Å². The Balaban J connectivity index is 1.77. The van der Waals surface area contributed by atoms with Crippen LogP contribution in [0.25, 0.3) is 22.3 Å². The van der Waals surface area contributed by atoms with Crippen molar-refractivity contribution in [2.45, 2.75) is 12.5 Å². The van der Waals surface area contributed by atoms with Gasteiger partial charge in [0.25, 0.3) is 5.91 Å². The average Bonchev–Trinajstić information content (AvgIpc) is 3.11. The SMILES string of the molecule is Cc1ncc(-c2ccc3c(c2)C2(NC(=O)NC2=O)c2ccccc2-3)cn1. The first-order chi connectivity index (χ1) is 12.6. The molecule has 1 aliphatic heterocycles. The van der Waals surface area contributed by atoms with Crippen molar-refractivity contribution in [2.24, 2.45) is 0 Å². The van der Waals surface area contributed by atoms with Gasteiger partial charge in [0.15, 0.2) is 5.54 Å². The molecule has 1 atom stereocenters. The van der Waals surface area contributed by atoms with Gasteiger partial charge in [0.1, 0.15) is 5.82 Å². The van der Waals surface area contributed by atoms with Gasteiger partial charge in [-0.2, -0.15) is 0 Å². The molecule has 26 heavy (non-hydrogen) atoms. The van der Waals surface area contributed by atoms with Gasteiger partial charge in [-0.1, -0.05) is 36.4 Å². The van der Waals surface area contributed by atoms with E-state index in [2.05, 4.69) is 20.6 Å². The highest BCUT2D eigenvalue weighted by molar-refractivity contribution is 6.13. The van der Waals surface area contributed by atoms with E-state index in [1.807, 2.05) is 49.4 Å². The number of aromatic nitrogens is 2. The second kappa shape index (κ2) is 4.98. The summed E-state index contributed by atoms with van der Waals surface area (Å²) in [4.78, 5) is 33.3. The minimum Gasteiger partial charge on any atom is -0.316 e. The zero-order valence-corrected chi connectivity index (χ0v) is 13.9. The molecule has 1 spiro atoms. The lowest BCUT2D eigenvalue weighted by Gasteiger charge is -2.23. The fourth-order valence-corrected chi connectivity index (χ4v) is 3.84. The number of rotatable bonds is 1. The third-order valence-electron chi connectivity index (χ3n) is 5.03.